The largest absolute Gasteiger partial charge is 0.478 e. The van der Waals surface area contributed by atoms with Crippen LogP contribution in [0.25, 0.3) is 5.57 Å². The maximum Gasteiger partial charge on any atom is 0.336 e. The van der Waals surface area contributed by atoms with E-state index >= 15 is 8.78 Å². The van der Waals surface area contributed by atoms with Gasteiger partial charge in [-0.15, -0.1) is 0 Å². The smallest absolute Gasteiger partial charge is 0.336 e. The van der Waals surface area contributed by atoms with Crippen LogP contribution in [0.4, 0.5) is 14.5 Å². The summed E-state index contributed by atoms with van der Waals surface area (Å²) in [4.78, 5) is 26.1. The molecule has 6 rings (SSSR count). The maximum absolute atomic E-state index is 15.6. The number of anilines is 1. The second-order valence-electron chi connectivity index (χ2n) is 10.8. The zero-order valence-electron chi connectivity index (χ0n) is 21.1. The Morgan fingerprint density at radius 1 is 0.947 bits per heavy atom. The number of aromatic carboxylic acids is 2. The summed E-state index contributed by atoms with van der Waals surface area (Å²) in [7, 11) is -2.54. The Morgan fingerprint density at radius 3 is 2.26 bits per heavy atom. The van der Waals surface area contributed by atoms with Gasteiger partial charge in [0.1, 0.15) is 27.0 Å². The molecule has 0 spiro atoms. The molecule has 0 unspecified atom stereocenters. The molecule has 0 radical (unpaired) electrons. The van der Waals surface area contributed by atoms with Gasteiger partial charge in [-0.05, 0) is 75.5 Å². The maximum atomic E-state index is 15.6. The van der Waals surface area contributed by atoms with Gasteiger partial charge in [-0.1, -0.05) is 13.1 Å². The lowest BCUT2D eigenvalue weighted by molar-refractivity contribution is -0.582. The number of fused-ring (bicyclic) bond motifs is 2. The Hall–Kier alpha value is -3.85. The van der Waals surface area contributed by atoms with Crippen LogP contribution in [0, 0.1) is 5.82 Å². The van der Waals surface area contributed by atoms with Gasteiger partial charge in [0.25, 0.3) is 0 Å². The Labute approximate surface area is 219 Å². The summed E-state index contributed by atoms with van der Waals surface area (Å²) < 4.78 is 33.2. The Balaban J connectivity index is 1.72. The summed E-state index contributed by atoms with van der Waals surface area (Å²) in [5.74, 6) is -3.32. The molecule has 2 aromatic carbocycles. The molecule has 2 aromatic rings. The first kappa shape index (κ1) is 24.5. The molecule has 38 heavy (non-hydrogen) atoms. The highest BCUT2D eigenvalue weighted by atomic mass is 28.3. The summed E-state index contributed by atoms with van der Waals surface area (Å²) in [5.41, 5.74) is 2.29. The first-order valence-electron chi connectivity index (χ1n) is 12.7. The topological polar surface area (TPSA) is 80.8 Å². The first-order chi connectivity index (χ1) is 18.1. The van der Waals surface area contributed by atoms with Gasteiger partial charge in [0, 0.05) is 19.2 Å². The van der Waals surface area contributed by atoms with E-state index in [9.17, 15) is 19.8 Å². The molecular weight excluding hydrogens is 506 g/mol. The summed E-state index contributed by atoms with van der Waals surface area (Å²) >= 11 is 0. The Bertz CT molecular complexity index is 1580. The molecule has 2 saturated heterocycles. The lowest BCUT2D eigenvalue weighted by Gasteiger charge is -2.40. The highest BCUT2D eigenvalue weighted by molar-refractivity contribution is 6.98. The van der Waals surface area contributed by atoms with Crippen LogP contribution >= 0.6 is 0 Å². The molecule has 194 valence electrons. The molecule has 3 heterocycles. The fraction of sp³-hybridized carbons (Fsp3) is 0.276. The third-order valence-electron chi connectivity index (χ3n) is 8.22. The lowest BCUT2D eigenvalue weighted by Crippen LogP contribution is -2.51. The highest BCUT2D eigenvalue weighted by Crippen LogP contribution is 2.44. The lowest BCUT2D eigenvalue weighted by atomic mass is 9.86. The number of carboxylic acid groups (broad SMARTS) is 2. The molecule has 6 nitrogen and oxygen atoms in total. The number of nitrogens with zero attached hydrogens (tertiary/aromatic N) is 2. The zero-order valence-corrected chi connectivity index (χ0v) is 22.1. The first-order valence-corrected chi connectivity index (χ1v) is 15.7. The van der Waals surface area contributed by atoms with E-state index in [0.717, 1.165) is 49.4 Å². The van der Waals surface area contributed by atoms with Gasteiger partial charge < -0.3 is 15.1 Å². The van der Waals surface area contributed by atoms with Crippen LogP contribution < -0.4 is 10.1 Å². The molecule has 3 aliphatic heterocycles. The molecule has 0 amide bonds. The van der Waals surface area contributed by atoms with E-state index in [1.54, 1.807) is 0 Å². The number of carbonyl (C=O) groups is 2. The third-order valence-corrected chi connectivity index (χ3v) is 11.7. The third kappa shape index (κ3) is 3.59. The second-order valence-corrected chi connectivity index (χ2v) is 15.1. The van der Waals surface area contributed by atoms with Crippen molar-refractivity contribution in [3.05, 3.63) is 87.2 Å². The number of benzene rings is 2. The summed E-state index contributed by atoms with van der Waals surface area (Å²) in [6.45, 7) is 7.33. The van der Waals surface area contributed by atoms with E-state index in [-0.39, 0.29) is 16.7 Å². The quantitative estimate of drug-likeness (QED) is 0.451. The zero-order chi connectivity index (χ0) is 26.9. The van der Waals surface area contributed by atoms with Crippen LogP contribution in [0.3, 0.4) is 0 Å². The predicted molar refractivity (Wildman–Crippen MR) is 144 cm³/mol. The molecular formula is C29H27F2N2O4Si+. The predicted octanol–water partition coefficient (Wildman–Crippen LogP) is 4.35. The van der Waals surface area contributed by atoms with Crippen LogP contribution in [-0.4, -0.2) is 66.7 Å². The van der Waals surface area contributed by atoms with E-state index in [0.29, 0.717) is 28.1 Å². The van der Waals surface area contributed by atoms with Crippen molar-refractivity contribution in [2.75, 3.05) is 31.1 Å². The van der Waals surface area contributed by atoms with Crippen LogP contribution in [0.5, 0.6) is 0 Å². The highest BCUT2D eigenvalue weighted by Gasteiger charge is 2.44. The van der Waals surface area contributed by atoms with Crippen molar-refractivity contribution in [1.82, 2.24) is 0 Å². The molecule has 0 atom stereocenters. The summed E-state index contributed by atoms with van der Waals surface area (Å²) in [5, 5.41) is 21.5. The van der Waals surface area contributed by atoms with Crippen LogP contribution in [0.1, 0.15) is 44.7 Å². The van der Waals surface area contributed by atoms with Gasteiger partial charge in [0.2, 0.25) is 5.71 Å². The molecule has 1 aliphatic carbocycles. The number of hydrogen-bond acceptors (Lipinski definition) is 3. The Morgan fingerprint density at radius 2 is 1.68 bits per heavy atom. The minimum absolute atomic E-state index is 0.0991. The Kier molecular flexibility index (Phi) is 5.53. The van der Waals surface area contributed by atoms with Crippen molar-refractivity contribution < 1.29 is 33.2 Å². The van der Waals surface area contributed by atoms with Gasteiger partial charge in [0.15, 0.2) is 5.83 Å². The molecule has 9 heteroatoms. The van der Waals surface area contributed by atoms with Crippen molar-refractivity contribution in [3.8, 4) is 0 Å². The number of allylic oxidation sites excluding steroid dienone is 5. The van der Waals surface area contributed by atoms with Crippen LogP contribution in [0.15, 0.2) is 59.1 Å². The van der Waals surface area contributed by atoms with E-state index in [1.807, 2.05) is 21.6 Å². The summed E-state index contributed by atoms with van der Waals surface area (Å²) in [6.07, 6.45) is 5.28. The van der Waals surface area contributed by atoms with Gasteiger partial charge in [0.05, 0.1) is 23.2 Å². The van der Waals surface area contributed by atoms with E-state index in [4.69, 9.17) is 0 Å². The molecule has 0 aromatic heterocycles. The van der Waals surface area contributed by atoms with Gasteiger partial charge in [-0.2, -0.15) is 4.39 Å². The average Bonchev–Trinajstić information content (AvgIpc) is 2.78. The molecule has 0 bridgehead atoms. The SMILES string of the molecule is C[Si]1(C)C2=CC(=[N+]3CCC3)C(F)=CC2=C(c2cc(C(=O)O)ccc2C(=O)O)c2cc(F)c(N3CCC3)cc21. The average molecular weight is 534 g/mol. The standard InChI is InChI=1S/C29H26F2N2O4Si/c1-38(2)25-14-23(32-7-3-8-32)21(30)12-19(25)27(18-11-16(28(34)35)5-6-17(18)29(36)37)20-13-22(31)24(15-26(20)38)33-9-4-10-33/h5-6,11-15H,3-4,7-10H2,1-2H3,(H-,34,35,36,37)/p+1. The van der Waals surface area contributed by atoms with Gasteiger partial charge in [-0.25, -0.2) is 18.6 Å². The second kappa shape index (κ2) is 8.59. The molecule has 4 aliphatic rings. The van der Waals surface area contributed by atoms with Gasteiger partial charge in [-0.3, -0.25) is 0 Å². The van der Waals surface area contributed by atoms with Crippen LogP contribution in [-0.2, 0) is 0 Å². The van der Waals surface area contributed by atoms with Crippen molar-refractivity contribution in [3.63, 3.8) is 0 Å². The fourth-order valence-electron chi connectivity index (χ4n) is 5.82. The van der Waals surface area contributed by atoms with Crippen molar-refractivity contribution in [2.45, 2.75) is 25.9 Å². The number of halogens is 2. The molecule has 2 fully saturated rings. The van der Waals surface area contributed by atoms with Crippen LogP contribution in [0.2, 0.25) is 13.1 Å². The minimum Gasteiger partial charge on any atom is -0.478 e. The van der Waals surface area contributed by atoms with Gasteiger partial charge >= 0.3 is 11.9 Å². The van der Waals surface area contributed by atoms with Crippen molar-refractivity contribution in [1.29, 1.82) is 0 Å². The number of hydrogen-bond donors (Lipinski definition) is 2. The number of carboxylic acids is 2. The van der Waals surface area contributed by atoms with E-state index < -0.39 is 31.7 Å². The normalized spacial score (nSPS) is 19.6. The van der Waals surface area contributed by atoms with Crippen molar-refractivity contribution >= 4 is 42.2 Å². The monoisotopic (exact) mass is 533 g/mol. The molecule has 2 N–H and O–H groups in total. The molecule has 0 saturated carbocycles. The van der Waals surface area contributed by atoms with Crippen molar-refractivity contribution in [2.24, 2.45) is 0 Å². The number of rotatable bonds is 4. The minimum atomic E-state index is -2.54. The summed E-state index contributed by atoms with van der Waals surface area (Å²) in [6, 6.07) is 7.10. The van der Waals surface area contributed by atoms with E-state index in [1.165, 1.54) is 30.3 Å². The van der Waals surface area contributed by atoms with E-state index in [2.05, 4.69) is 13.1 Å². The fourth-order valence-corrected chi connectivity index (χ4v) is 8.85.